The van der Waals surface area contributed by atoms with E-state index in [1.807, 2.05) is 18.2 Å². The summed E-state index contributed by atoms with van der Waals surface area (Å²) in [6.07, 6.45) is 2.43. The lowest BCUT2D eigenvalue weighted by atomic mass is 9.76. The Bertz CT molecular complexity index is 629. The number of aliphatic carboxylic acids is 1. The fourth-order valence-electron chi connectivity index (χ4n) is 4.23. The van der Waals surface area contributed by atoms with Gasteiger partial charge in [-0.2, -0.15) is 0 Å². The Morgan fingerprint density at radius 2 is 1.96 bits per heavy atom. The predicted octanol–water partition coefficient (Wildman–Crippen LogP) is 1.98. The van der Waals surface area contributed by atoms with Gasteiger partial charge in [-0.05, 0) is 43.8 Å². The van der Waals surface area contributed by atoms with Gasteiger partial charge in [0.1, 0.15) is 11.8 Å². The Hall–Kier alpha value is -2.08. The van der Waals surface area contributed by atoms with Crippen molar-refractivity contribution in [2.45, 2.75) is 38.8 Å². The minimum Gasteiger partial charge on any atom is -0.496 e. The smallest absolute Gasteiger partial charge is 0.326 e. The molecule has 1 aromatic carbocycles. The molecule has 3 rings (SSSR count). The van der Waals surface area contributed by atoms with Gasteiger partial charge in [-0.1, -0.05) is 18.2 Å². The number of nitrogens with zero attached hydrogens (tertiary/aromatic N) is 2. The molecule has 2 aliphatic heterocycles. The number of hydrogen-bond acceptors (Lipinski definition) is 4. The van der Waals surface area contributed by atoms with Crippen molar-refractivity contribution >= 4 is 11.9 Å². The first-order valence-electron chi connectivity index (χ1n) is 8.78. The third-order valence-corrected chi connectivity index (χ3v) is 5.70. The van der Waals surface area contributed by atoms with E-state index in [4.69, 9.17) is 4.74 Å². The van der Waals surface area contributed by atoms with Crippen LogP contribution in [0.25, 0.3) is 0 Å². The van der Waals surface area contributed by atoms with Gasteiger partial charge >= 0.3 is 5.97 Å². The second-order valence-corrected chi connectivity index (χ2v) is 7.29. The molecule has 0 aromatic heterocycles. The Labute approximate surface area is 148 Å². The van der Waals surface area contributed by atoms with Gasteiger partial charge in [0.05, 0.1) is 7.11 Å². The molecule has 2 fully saturated rings. The van der Waals surface area contributed by atoms with E-state index in [9.17, 15) is 14.7 Å². The maximum Gasteiger partial charge on any atom is 0.326 e. The molecule has 1 unspecified atom stereocenters. The van der Waals surface area contributed by atoms with Crippen molar-refractivity contribution in [2.75, 3.05) is 26.7 Å². The Kier molecular flexibility index (Phi) is 4.99. The van der Waals surface area contributed by atoms with Gasteiger partial charge in [-0.15, -0.1) is 0 Å². The second kappa shape index (κ2) is 7.04. The number of benzene rings is 1. The summed E-state index contributed by atoms with van der Waals surface area (Å²) in [6, 6.07) is 7.37. The zero-order valence-corrected chi connectivity index (χ0v) is 14.9. The average Bonchev–Trinajstić information content (AvgIpc) is 2.98. The topological polar surface area (TPSA) is 70.1 Å². The molecule has 1 aromatic rings. The zero-order valence-electron chi connectivity index (χ0n) is 14.9. The molecule has 0 aliphatic carbocycles. The van der Waals surface area contributed by atoms with Crippen molar-refractivity contribution in [3.63, 3.8) is 0 Å². The molecule has 136 valence electrons. The number of carboxylic acid groups (broad SMARTS) is 1. The number of carbonyl (C=O) groups is 2. The predicted molar refractivity (Wildman–Crippen MR) is 93.4 cm³/mol. The lowest BCUT2D eigenvalue weighted by molar-refractivity contribution is -0.147. The molecule has 2 heterocycles. The van der Waals surface area contributed by atoms with Crippen LogP contribution in [0.2, 0.25) is 0 Å². The van der Waals surface area contributed by atoms with Gasteiger partial charge < -0.3 is 14.7 Å². The normalized spacial score (nSPS) is 23.0. The third kappa shape index (κ3) is 3.63. The maximum atomic E-state index is 11.8. The largest absolute Gasteiger partial charge is 0.496 e. The molecule has 0 saturated carbocycles. The van der Waals surface area contributed by atoms with Crippen LogP contribution in [-0.4, -0.2) is 59.6 Å². The number of likely N-dealkylation sites (tertiary alicyclic amines) is 2. The van der Waals surface area contributed by atoms with Gasteiger partial charge in [0, 0.05) is 25.6 Å². The molecule has 1 N–H and O–H groups in total. The van der Waals surface area contributed by atoms with E-state index in [1.165, 1.54) is 17.4 Å². The number of amides is 1. The van der Waals surface area contributed by atoms with Crippen LogP contribution in [0.5, 0.6) is 5.75 Å². The van der Waals surface area contributed by atoms with E-state index < -0.39 is 12.0 Å². The van der Waals surface area contributed by atoms with Gasteiger partial charge in [-0.3, -0.25) is 9.69 Å². The number of methoxy groups -OCH3 is 1. The number of carbonyl (C=O) groups excluding carboxylic acids is 1. The van der Waals surface area contributed by atoms with Crippen molar-refractivity contribution in [1.82, 2.24) is 9.80 Å². The quantitative estimate of drug-likeness (QED) is 0.903. The first kappa shape index (κ1) is 17.7. The maximum absolute atomic E-state index is 11.8. The highest BCUT2D eigenvalue weighted by Gasteiger charge is 2.49. The van der Waals surface area contributed by atoms with Crippen LogP contribution in [0.4, 0.5) is 0 Å². The summed E-state index contributed by atoms with van der Waals surface area (Å²) in [5.74, 6) is -0.124. The highest BCUT2D eigenvalue weighted by atomic mass is 16.5. The molecule has 2 saturated heterocycles. The van der Waals surface area contributed by atoms with Crippen LogP contribution < -0.4 is 4.74 Å². The van der Waals surface area contributed by atoms with Crippen LogP contribution in [0, 0.1) is 5.41 Å². The van der Waals surface area contributed by atoms with Gasteiger partial charge in [0.15, 0.2) is 0 Å². The van der Waals surface area contributed by atoms with Crippen molar-refractivity contribution in [3.05, 3.63) is 29.8 Å². The van der Waals surface area contributed by atoms with Crippen molar-refractivity contribution in [3.8, 4) is 5.75 Å². The zero-order chi connectivity index (χ0) is 18.0. The van der Waals surface area contributed by atoms with E-state index >= 15 is 0 Å². The minimum atomic E-state index is -0.886. The monoisotopic (exact) mass is 346 g/mol. The van der Waals surface area contributed by atoms with Crippen LogP contribution >= 0.6 is 0 Å². The Balaban J connectivity index is 1.64. The lowest BCUT2D eigenvalue weighted by Crippen LogP contribution is -2.42. The average molecular weight is 346 g/mol. The van der Waals surface area contributed by atoms with E-state index in [2.05, 4.69) is 11.0 Å². The number of ether oxygens (including phenoxy) is 1. The van der Waals surface area contributed by atoms with E-state index in [0.29, 0.717) is 13.0 Å². The first-order chi connectivity index (χ1) is 11.9. The summed E-state index contributed by atoms with van der Waals surface area (Å²) >= 11 is 0. The molecule has 1 atom stereocenters. The fourth-order valence-corrected chi connectivity index (χ4v) is 4.23. The number of para-hydroxylation sites is 1. The SMILES string of the molecule is COc1ccccc1CN1CCC2(CC1)CC(C(=O)O)N(C(C)=O)C2. The lowest BCUT2D eigenvalue weighted by Gasteiger charge is -2.39. The molecule has 1 spiro atoms. The molecule has 6 heteroatoms. The number of piperidine rings is 1. The van der Waals surface area contributed by atoms with Gasteiger partial charge in [-0.25, -0.2) is 4.79 Å². The van der Waals surface area contributed by atoms with Crippen molar-refractivity contribution < 1.29 is 19.4 Å². The molecular formula is C19H26N2O4. The van der Waals surface area contributed by atoms with Gasteiger partial charge in [0.25, 0.3) is 0 Å². The van der Waals surface area contributed by atoms with Crippen LogP contribution in [0.3, 0.4) is 0 Å². The Morgan fingerprint density at radius 1 is 1.28 bits per heavy atom. The van der Waals surface area contributed by atoms with Crippen LogP contribution in [0.1, 0.15) is 31.7 Å². The summed E-state index contributed by atoms with van der Waals surface area (Å²) in [7, 11) is 1.69. The standard InChI is InChI=1S/C19H26N2O4/c1-14(22)21-13-19(11-16(21)18(23)24)7-9-20(10-8-19)12-15-5-3-4-6-17(15)25-2/h3-6,16H,7-13H2,1-2H3,(H,23,24). The van der Waals surface area contributed by atoms with Gasteiger partial charge in [0.2, 0.25) is 5.91 Å². The summed E-state index contributed by atoms with van der Waals surface area (Å²) in [6.45, 7) is 4.69. The Morgan fingerprint density at radius 3 is 2.52 bits per heavy atom. The number of rotatable bonds is 4. The third-order valence-electron chi connectivity index (χ3n) is 5.70. The second-order valence-electron chi connectivity index (χ2n) is 7.29. The van der Waals surface area contributed by atoms with Crippen molar-refractivity contribution in [2.24, 2.45) is 5.41 Å². The molecule has 6 nitrogen and oxygen atoms in total. The van der Waals surface area contributed by atoms with E-state index in [-0.39, 0.29) is 11.3 Å². The molecule has 25 heavy (non-hydrogen) atoms. The molecule has 0 radical (unpaired) electrons. The van der Waals surface area contributed by atoms with E-state index in [1.54, 1.807) is 7.11 Å². The molecule has 2 aliphatic rings. The fraction of sp³-hybridized carbons (Fsp3) is 0.579. The minimum absolute atomic E-state index is 0.0496. The summed E-state index contributed by atoms with van der Waals surface area (Å²) < 4.78 is 5.42. The summed E-state index contributed by atoms with van der Waals surface area (Å²) in [5.41, 5.74) is 1.12. The molecule has 0 bridgehead atoms. The van der Waals surface area contributed by atoms with Crippen LogP contribution in [0.15, 0.2) is 24.3 Å². The highest BCUT2D eigenvalue weighted by Crippen LogP contribution is 2.43. The summed E-state index contributed by atoms with van der Waals surface area (Å²) in [4.78, 5) is 27.2. The summed E-state index contributed by atoms with van der Waals surface area (Å²) in [5, 5.41) is 9.43. The van der Waals surface area contributed by atoms with Crippen LogP contribution in [-0.2, 0) is 16.1 Å². The molecular weight excluding hydrogens is 320 g/mol. The van der Waals surface area contributed by atoms with E-state index in [0.717, 1.165) is 38.2 Å². The molecule has 1 amide bonds. The number of carboxylic acids is 1. The van der Waals surface area contributed by atoms with Crippen molar-refractivity contribution in [1.29, 1.82) is 0 Å². The highest BCUT2D eigenvalue weighted by molar-refractivity contribution is 5.83. The number of hydrogen-bond donors (Lipinski definition) is 1. The first-order valence-corrected chi connectivity index (χ1v) is 8.78.